The van der Waals surface area contributed by atoms with E-state index in [2.05, 4.69) is 32.7 Å². The molecule has 0 atom stereocenters. The van der Waals surface area contributed by atoms with Gasteiger partial charge in [-0.1, -0.05) is 18.5 Å². The van der Waals surface area contributed by atoms with Crippen molar-refractivity contribution >= 4 is 37.6 Å². The summed E-state index contributed by atoms with van der Waals surface area (Å²) in [6, 6.07) is 1.50. The zero-order valence-electron chi connectivity index (χ0n) is 11.2. The van der Waals surface area contributed by atoms with E-state index < -0.39 is 10.0 Å². The van der Waals surface area contributed by atoms with Crippen LogP contribution in [-0.4, -0.2) is 55.3 Å². The Morgan fingerprint density at radius 1 is 1.35 bits per heavy atom. The molecular weight excluding hydrogens is 366 g/mol. The fourth-order valence-electron chi connectivity index (χ4n) is 2.23. The summed E-state index contributed by atoms with van der Waals surface area (Å²) in [4.78, 5) is 6.22. The molecule has 1 fully saturated rings. The Bertz CT molecular complexity index is 574. The van der Waals surface area contributed by atoms with Crippen LogP contribution < -0.4 is 0 Å². The van der Waals surface area contributed by atoms with Gasteiger partial charge in [-0.15, -0.1) is 0 Å². The maximum absolute atomic E-state index is 12.6. The highest BCUT2D eigenvalue weighted by molar-refractivity contribution is 9.10. The Hall–Kier alpha value is -0.210. The van der Waals surface area contributed by atoms with Gasteiger partial charge in [0.05, 0.1) is 0 Å². The molecule has 0 saturated carbocycles. The lowest BCUT2D eigenvalue weighted by molar-refractivity contribution is 0.188. The zero-order chi connectivity index (χ0) is 14.8. The molecule has 0 radical (unpaired) electrons. The van der Waals surface area contributed by atoms with E-state index in [0.29, 0.717) is 17.6 Å². The second-order valence-corrected chi connectivity index (χ2v) is 7.87. The van der Waals surface area contributed by atoms with E-state index in [1.54, 1.807) is 0 Å². The summed E-state index contributed by atoms with van der Waals surface area (Å²) in [6.45, 7) is 5.62. The van der Waals surface area contributed by atoms with Crippen LogP contribution >= 0.6 is 27.5 Å². The lowest BCUT2D eigenvalue weighted by atomic mass is 10.3. The molecule has 1 aromatic rings. The van der Waals surface area contributed by atoms with Crippen molar-refractivity contribution in [3.63, 3.8) is 0 Å². The standard InChI is InChI=1S/C12H17BrClN3O2S/c1-2-3-16-4-6-17(7-5-16)20(18,19)11-8-10(13)9-15-12(11)14/h8-9H,2-7H2,1H3. The highest BCUT2D eigenvalue weighted by Crippen LogP contribution is 2.26. The lowest BCUT2D eigenvalue weighted by Crippen LogP contribution is -2.48. The molecule has 1 saturated heterocycles. The molecule has 8 heteroatoms. The van der Waals surface area contributed by atoms with Crippen LogP contribution in [0.1, 0.15) is 13.3 Å². The summed E-state index contributed by atoms with van der Waals surface area (Å²) >= 11 is 9.16. The molecule has 1 aromatic heterocycles. The van der Waals surface area contributed by atoms with Gasteiger partial charge in [-0.3, -0.25) is 0 Å². The van der Waals surface area contributed by atoms with Gasteiger partial charge >= 0.3 is 0 Å². The monoisotopic (exact) mass is 381 g/mol. The molecule has 2 heterocycles. The van der Waals surface area contributed by atoms with E-state index in [1.807, 2.05) is 0 Å². The van der Waals surface area contributed by atoms with E-state index in [1.165, 1.54) is 16.6 Å². The fraction of sp³-hybridized carbons (Fsp3) is 0.583. The number of aromatic nitrogens is 1. The van der Waals surface area contributed by atoms with Gasteiger partial charge in [0.15, 0.2) is 0 Å². The number of hydrogen-bond acceptors (Lipinski definition) is 4. The van der Waals surface area contributed by atoms with Gasteiger partial charge in [0.1, 0.15) is 10.0 Å². The lowest BCUT2D eigenvalue weighted by Gasteiger charge is -2.33. The van der Waals surface area contributed by atoms with Crippen LogP contribution in [0, 0.1) is 0 Å². The first kappa shape index (κ1) is 16.2. The van der Waals surface area contributed by atoms with Crippen LogP contribution in [0.3, 0.4) is 0 Å². The van der Waals surface area contributed by atoms with Gasteiger partial charge < -0.3 is 4.90 Å². The Balaban J connectivity index is 2.18. The SMILES string of the molecule is CCCN1CCN(S(=O)(=O)c2cc(Br)cnc2Cl)CC1. The summed E-state index contributed by atoms with van der Waals surface area (Å²) in [5.41, 5.74) is 0. The predicted molar refractivity (Wildman–Crippen MR) is 82.4 cm³/mol. The summed E-state index contributed by atoms with van der Waals surface area (Å²) in [5, 5.41) is 0.0178. The van der Waals surface area contributed by atoms with Gasteiger partial charge in [-0.25, -0.2) is 13.4 Å². The van der Waals surface area contributed by atoms with Crippen molar-refractivity contribution in [3.8, 4) is 0 Å². The Morgan fingerprint density at radius 3 is 2.60 bits per heavy atom. The van der Waals surface area contributed by atoms with Crippen LogP contribution in [0.25, 0.3) is 0 Å². The zero-order valence-corrected chi connectivity index (χ0v) is 14.4. The van der Waals surface area contributed by atoms with E-state index in [4.69, 9.17) is 11.6 Å². The number of piperazine rings is 1. The van der Waals surface area contributed by atoms with Crippen molar-refractivity contribution in [2.45, 2.75) is 18.2 Å². The fourth-order valence-corrected chi connectivity index (χ4v) is 4.58. The van der Waals surface area contributed by atoms with Crippen molar-refractivity contribution in [2.24, 2.45) is 0 Å². The first-order valence-electron chi connectivity index (χ1n) is 6.48. The van der Waals surface area contributed by atoms with Crippen LogP contribution in [0.15, 0.2) is 21.6 Å². The molecule has 0 unspecified atom stereocenters. The quantitative estimate of drug-likeness (QED) is 0.749. The van der Waals surface area contributed by atoms with Crippen molar-refractivity contribution in [1.82, 2.24) is 14.2 Å². The second-order valence-electron chi connectivity index (χ2n) is 4.69. The normalized spacial score (nSPS) is 18.4. The number of halogens is 2. The Labute approximate surface area is 133 Å². The highest BCUT2D eigenvalue weighted by Gasteiger charge is 2.30. The van der Waals surface area contributed by atoms with Gasteiger partial charge in [-0.2, -0.15) is 4.31 Å². The molecule has 0 bridgehead atoms. The third-order valence-corrected chi connectivity index (χ3v) is 6.02. The Kier molecular flexibility index (Phi) is 5.42. The molecule has 0 aliphatic carbocycles. The number of hydrogen-bond donors (Lipinski definition) is 0. The number of sulfonamides is 1. The van der Waals surface area contributed by atoms with E-state index in [-0.39, 0.29) is 10.0 Å². The second kappa shape index (κ2) is 6.70. The van der Waals surface area contributed by atoms with Gasteiger partial charge in [0, 0.05) is 36.8 Å². The smallest absolute Gasteiger partial charge is 0.246 e. The summed E-state index contributed by atoms with van der Waals surface area (Å²) in [6.07, 6.45) is 2.56. The first-order valence-corrected chi connectivity index (χ1v) is 9.10. The highest BCUT2D eigenvalue weighted by atomic mass is 79.9. The van der Waals surface area contributed by atoms with Crippen molar-refractivity contribution in [2.75, 3.05) is 32.7 Å². The van der Waals surface area contributed by atoms with Gasteiger partial charge in [0.2, 0.25) is 10.0 Å². The average Bonchev–Trinajstić information content (AvgIpc) is 2.42. The number of nitrogens with zero attached hydrogens (tertiary/aromatic N) is 3. The third kappa shape index (κ3) is 3.51. The third-order valence-electron chi connectivity index (χ3n) is 3.26. The van der Waals surface area contributed by atoms with Crippen LogP contribution in [0.4, 0.5) is 0 Å². The molecule has 20 heavy (non-hydrogen) atoms. The molecule has 5 nitrogen and oxygen atoms in total. The molecular formula is C12H17BrClN3O2S. The summed E-state index contributed by atoms with van der Waals surface area (Å²) in [7, 11) is -3.57. The molecule has 0 N–H and O–H groups in total. The molecule has 112 valence electrons. The predicted octanol–water partition coefficient (Wildman–Crippen LogP) is 2.21. The van der Waals surface area contributed by atoms with E-state index in [9.17, 15) is 8.42 Å². The average molecular weight is 383 g/mol. The largest absolute Gasteiger partial charge is 0.301 e. The van der Waals surface area contributed by atoms with Crippen LogP contribution in [0.2, 0.25) is 5.15 Å². The molecule has 0 aromatic carbocycles. The summed E-state index contributed by atoms with van der Waals surface area (Å²) < 4.78 is 27.3. The number of rotatable bonds is 4. The number of pyridine rings is 1. The molecule has 0 amide bonds. The van der Waals surface area contributed by atoms with Gasteiger partial charge in [-0.05, 0) is 35.0 Å². The minimum absolute atomic E-state index is 0.0178. The van der Waals surface area contributed by atoms with Crippen LogP contribution in [-0.2, 0) is 10.0 Å². The molecule has 2 rings (SSSR count). The Morgan fingerprint density at radius 2 is 2.00 bits per heavy atom. The summed E-state index contributed by atoms with van der Waals surface area (Å²) in [5.74, 6) is 0. The van der Waals surface area contributed by atoms with E-state index >= 15 is 0 Å². The maximum Gasteiger partial charge on any atom is 0.246 e. The minimum atomic E-state index is -3.57. The van der Waals surface area contributed by atoms with Crippen molar-refractivity contribution < 1.29 is 8.42 Å². The van der Waals surface area contributed by atoms with Crippen molar-refractivity contribution in [1.29, 1.82) is 0 Å². The molecule has 1 aliphatic rings. The van der Waals surface area contributed by atoms with Crippen molar-refractivity contribution in [3.05, 3.63) is 21.9 Å². The topological polar surface area (TPSA) is 53.5 Å². The van der Waals surface area contributed by atoms with E-state index in [0.717, 1.165) is 26.1 Å². The van der Waals surface area contributed by atoms with Crippen LogP contribution in [0.5, 0.6) is 0 Å². The molecule has 1 aliphatic heterocycles. The van der Waals surface area contributed by atoms with Gasteiger partial charge in [0.25, 0.3) is 0 Å². The minimum Gasteiger partial charge on any atom is -0.301 e. The maximum atomic E-state index is 12.6. The molecule has 0 spiro atoms. The first-order chi connectivity index (χ1) is 9.45.